The largest absolute Gasteiger partial charge is 0.481 e. The molecule has 0 aromatic carbocycles. The molecule has 1 spiro atoms. The number of esters is 3. The molecule has 0 amide bonds. The Bertz CT molecular complexity index is 1250. The molecule has 1 N–H and O–H groups in total. The second-order valence-electron chi connectivity index (χ2n) is 11.5. The lowest BCUT2D eigenvalue weighted by Crippen LogP contribution is -2.59. The van der Waals surface area contributed by atoms with Crippen molar-refractivity contribution in [3.05, 3.63) is 47.1 Å². The second-order valence-corrected chi connectivity index (χ2v) is 11.5. The Morgan fingerprint density at radius 2 is 1.80 bits per heavy atom. The fourth-order valence-electron chi connectivity index (χ4n) is 7.40. The van der Waals surface area contributed by atoms with Crippen LogP contribution in [0.3, 0.4) is 0 Å². The number of carboxylic acids is 1. The quantitative estimate of drug-likeness (QED) is 0.161. The van der Waals surface area contributed by atoms with Crippen molar-refractivity contribution in [3.8, 4) is 0 Å². The third-order valence-electron chi connectivity index (χ3n) is 9.11. The monoisotopic (exact) mass is 552 g/mol. The summed E-state index contributed by atoms with van der Waals surface area (Å²) >= 11 is 0. The summed E-state index contributed by atoms with van der Waals surface area (Å²) in [5.41, 5.74) is -1.25. The molecule has 5 rings (SSSR count). The van der Waals surface area contributed by atoms with E-state index in [1.807, 2.05) is 38.2 Å². The highest BCUT2D eigenvalue weighted by molar-refractivity contribution is 6.14. The molecule has 2 fully saturated rings. The molecule has 9 nitrogen and oxygen atoms in total. The van der Waals surface area contributed by atoms with Crippen molar-refractivity contribution >= 4 is 29.7 Å². The van der Waals surface area contributed by atoms with Crippen LogP contribution in [0.25, 0.3) is 0 Å². The fourth-order valence-corrected chi connectivity index (χ4v) is 7.40. The number of Topliss-reactive ketones (excluding diaryl/α,β-unsaturated/α-hetero) is 1. The maximum Gasteiger partial charge on any atom is 0.343 e. The summed E-state index contributed by atoms with van der Waals surface area (Å²) in [4.78, 5) is 65.1. The van der Waals surface area contributed by atoms with E-state index >= 15 is 0 Å². The van der Waals surface area contributed by atoms with E-state index in [1.54, 1.807) is 0 Å². The minimum absolute atomic E-state index is 0.0270. The highest BCUT2D eigenvalue weighted by Crippen LogP contribution is 2.67. The van der Waals surface area contributed by atoms with Gasteiger partial charge in [-0.25, -0.2) is 9.59 Å². The van der Waals surface area contributed by atoms with Crippen molar-refractivity contribution in [2.45, 2.75) is 89.9 Å². The highest BCUT2D eigenvalue weighted by Gasteiger charge is 2.75. The second kappa shape index (κ2) is 10.9. The van der Waals surface area contributed by atoms with Crippen molar-refractivity contribution in [2.24, 2.45) is 23.2 Å². The van der Waals surface area contributed by atoms with Gasteiger partial charge >= 0.3 is 23.9 Å². The Labute approximate surface area is 233 Å². The van der Waals surface area contributed by atoms with Crippen LogP contribution in [0.5, 0.6) is 0 Å². The molecule has 2 saturated heterocycles. The smallest absolute Gasteiger partial charge is 0.343 e. The third-order valence-corrected chi connectivity index (χ3v) is 9.11. The standard InChI is InChI=1S/C31H36O9/c1-3-5-7-8-9-11-12-18-14-23-30(17-24(33)34)16-20-25(28(36)38-27(20)35)26-19(18)15-22(21(32)13-10-6-4-2)39-31(23,26)40-29(30)37/h3-6,14,18-19,22,26H,7-13,15-17H2,1-2H3,(H,33,34)/b5-3+,6-4+/t18-,19+,22-,26+,30-,31?/m0/s1. The van der Waals surface area contributed by atoms with Crippen LogP contribution in [-0.4, -0.2) is 46.7 Å². The normalized spacial score (nSPS) is 34.1. The molecule has 214 valence electrons. The van der Waals surface area contributed by atoms with E-state index in [4.69, 9.17) is 14.2 Å². The Kier molecular flexibility index (Phi) is 7.70. The van der Waals surface area contributed by atoms with Gasteiger partial charge < -0.3 is 19.3 Å². The molecule has 5 aliphatic rings. The molecule has 6 atom stereocenters. The number of cyclic esters (lactones) is 2. The van der Waals surface area contributed by atoms with Crippen LogP contribution in [-0.2, 0) is 38.2 Å². The first-order chi connectivity index (χ1) is 19.2. The summed E-state index contributed by atoms with van der Waals surface area (Å²) in [5, 5.41) is 9.90. The van der Waals surface area contributed by atoms with Crippen LogP contribution in [0.2, 0.25) is 0 Å². The van der Waals surface area contributed by atoms with Crippen LogP contribution >= 0.6 is 0 Å². The van der Waals surface area contributed by atoms with Gasteiger partial charge in [-0.05, 0) is 57.8 Å². The molecule has 0 aromatic rings. The maximum absolute atomic E-state index is 13.7. The molecular formula is C31H36O9. The molecule has 40 heavy (non-hydrogen) atoms. The number of hydrogen-bond acceptors (Lipinski definition) is 8. The Balaban J connectivity index is 1.60. The lowest BCUT2D eigenvalue weighted by Gasteiger charge is -2.52. The van der Waals surface area contributed by atoms with E-state index in [-0.39, 0.29) is 41.6 Å². The molecular weight excluding hydrogens is 516 g/mol. The van der Waals surface area contributed by atoms with Gasteiger partial charge in [-0.3, -0.25) is 14.4 Å². The lowest BCUT2D eigenvalue weighted by molar-refractivity contribution is -0.268. The molecule has 9 heteroatoms. The van der Waals surface area contributed by atoms with Gasteiger partial charge in [0.05, 0.1) is 23.5 Å². The first kappa shape index (κ1) is 28.2. The first-order valence-electron chi connectivity index (χ1n) is 14.3. The summed E-state index contributed by atoms with van der Waals surface area (Å²) in [6, 6.07) is 0. The molecule has 3 aliphatic heterocycles. The number of aliphatic carboxylic acids is 1. The number of carbonyl (C=O) groups is 5. The molecule has 0 radical (unpaired) electrons. The van der Waals surface area contributed by atoms with Gasteiger partial charge in [0.1, 0.15) is 11.5 Å². The maximum atomic E-state index is 13.7. The number of allylic oxidation sites excluding steroid dienone is 5. The molecule has 2 aliphatic carbocycles. The van der Waals surface area contributed by atoms with Gasteiger partial charge in [0, 0.05) is 18.4 Å². The van der Waals surface area contributed by atoms with E-state index in [9.17, 15) is 29.1 Å². The topological polar surface area (TPSA) is 133 Å². The number of rotatable bonds is 12. The Morgan fingerprint density at radius 3 is 2.52 bits per heavy atom. The van der Waals surface area contributed by atoms with Gasteiger partial charge in [-0.1, -0.05) is 43.2 Å². The van der Waals surface area contributed by atoms with E-state index in [0.29, 0.717) is 18.4 Å². The van der Waals surface area contributed by atoms with Crippen molar-refractivity contribution in [1.82, 2.24) is 0 Å². The van der Waals surface area contributed by atoms with E-state index < -0.39 is 53.5 Å². The Morgan fingerprint density at radius 1 is 1.05 bits per heavy atom. The van der Waals surface area contributed by atoms with E-state index in [0.717, 1.165) is 32.1 Å². The number of carbonyl (C=O) groups excluding carboxylic acids is 4. The van der Waals surface area contributed by atoms with Gasteiger partial charge in [0.25, 0.3) is 0 Å². The zero-order valence-electron chi connectivity index (χ0n) is 23.0. The minimum atomic E-state index is -1.82. The minimum Gasteiger partial charge on any atom is -0.481 e. The summed E-state index contributed by atoms with van der Waals surface area (Å²) < 4.78 is 17.4. The van der Waals surface area contributed by atoms with Crippen LogP contribution < -0.4 is 0 Å². The number of ether oxygens (including phenoxy) is 3. The van der Waals surface area contributed by atoms with Gasteiger partial charge in [0.2, 0.25) is 5.79 Å². The van der Waals surface area contributed by atoms with Gasteiger partial charge in [-0.2, -0.15) is 0 Å². The van der Waals surface area contributed by atoms with Crippen LogP contribution in [0.15, 0.2) is 47.1 Å². The first-order valence-corrected chi connectivity index (χ1v) is 14.3. The van der Waals surface area contributed by atoms with Gasteiger partial charge in [-0.15, -0.1) is 0 Å². The van der Waals surface area contributed by atoms with Crippen LogP contribution in [0.1, 0.15) is 78.1 Å². The molecule has 3 heterocycles. The zero-order chi connectivity index (χ0) is 28.7. The molecule has 5 bridgehead atoms. The van der Waals surface area contributed by atoms with Crippen molar-refractivity contribution < 1.29 is 43.3 Å². The van der Waals surface area contributed by atoms with E-state index in [1.165, 1.54) is 0 Å². The molecule has 0 saturated carbocycles. The fraction of sp³-hybridized carbons (Fsp3) is 0.581. The van der Waals surface area contributed by atoms with Crippen molar-refractivity contribution in [3.63, 3.8) is 0 Å². The van der Waals surface area contributed by atoms with Crippen LogP contribution in [0.4, 0.5) is 0 Å². The highest BCUT2D eigenvalue weighted by atomic mass is 16.7. The van der Waals surface area contributed by atoms with Crippen molar-refractivity contribution in [2.75, 3.05) is 0 Å². The van der Waals surface area contributed by atoms with E-state index in [2.05, 4.69) is 6.08 Å². The Hall–Kier alpha value is -3.33. The van der Waals surface area contributed by atoms with Gasteiger partial charge in [0.15, 0.2) is 5.78 Å². The summed E-state index contributed by atoms with van der Waals surface area (Å²) in [6.07, 6.45) is 13.6. The average Bonchev–Trinajstić information content (AvgIpc) is 3.25. The number of ketones is 1. The summed E-state index contributed by atoms with van der Waals surface area (Å²) in [6.45, 7) is 3.86. The molecule has 1 unspecified atom stereocenters. The predicted molar refractivity (Wildman–Crippen MR) is 141 cm³/mol. The number of hydrogen-bond donors (Lipinski definition) is 1. The number of unbranched alkanes of at least 4 members (excludes halogenated alkanes) is 3. The lowest BCUT2D eigenvalue weighted by atomic mass is 9.59. The third kappa shape index (κ3) is 4.48. The predicted octanol–water partition coefficient (Wildman–Crippen LogP) is 4.51. The number of carboxylic acid groups (broad SMARTS) is 1. The average molecular weight is 553 g/mol. The molecule has 0 aromatic heterocycles. The zero-order valence-corrected chi connectivity index (χ0v) is 23.0. The van der Waals surface area contributed by atoms with Crippen LogP contribution in [0, 0.1) is 23.2 Å². The van der Waals surface area contributed by atoms with Crippen molar-refractivity contribution in [1.29, 1.82) is 0 Å². The summed E-state index contributed by atoms with van der Waals surface area (Å²) in [7, 11) is 0. The SMILES string of the molecule is C/C=C/CCCCC[C@H]1C=C2C34OC(=O)[C@]2(CC(=O)O)CC2=C(C(=O)OC2=O)[C@H]3[C@@H]1C[C@@H](C(=O)CC/C=C/C)O4. The summed E-state index contributed by atoms with van der Waals surface area (Å²) in [5.74, 6) is -7.03.